The second kappa shape index (κ2) is 7.41. The molecule has 0 aliphatic carbocycles. The number of anilines is 1. The van der Waals surface area contributed by atoms with Gasteiger partial charge in [0.15, 0.2) is 0 Å². The van der Waals surface area contributed by atoms with Crippen LogP contribution in [0.25, 0.3) is 0 Å². The van der Waals surface area contributed by atoms with Gasteiger partial charge in [-0.3, -0.25) is 0 Å². The average Bonchev–Trinajstić information content (AvgIpc) is 2.95. The number of nitrogens with one attached hydrogen (secondary N) is 1. The molecule has 108 valence electrons. The van der Waals surface area contributed by atoms with Gasteiger partial charge in [-0.2, -0.15) is 0 Å². The number of rotatable bonds is 7. The van der Waals surface area contributed by atoms with E-state index in [9.17, 15) is 0 Å². The Morgan fingerprint density at radius 1 is 1.35 bits per heavy atom. The standard InChI is InChI=1S/C16H23N3S/c1-4-17-11-14-7-8-18-16(10-14)19(13(2)3)12-15-6-5-9-20-15/h5-10,13,17H,4,11-12H2,1-3H3. The van der Waals surface area contributed by atoms with Gasteiger partial charge in [-0.05, 0) is 49.5 Å². The van der Waals surface area contributed by atoms with Gasteiger partial charge in [-0.25, -0.2) is 4.98 Å². The van der Waals surface area contributed by atoms with Crippen molar-refractivity contribution in [3.63, 3.8) is 0 Å². The Bertz CT molecular complexity index is 508. The Labute approximate surface area is 125 Å². The summed E-state index contributed by atoms with van der Waals surface area (Å²) in [5.74, 6) is 1.06. The van der Waals surface area contributed by atoms with Crippen LogP contribution in [0, 0.1) is 0 Å². The lowest BCUT2D eigenvalue weighted by molar-refractivity contribution is 0.673. The van der Waals surface area contributed by atoms with Gasteiger partial charge in [-0.15, -0.1) is 11.3 Å². The van der Waals surface area contributed by atoms with E-state index in [-0.39, 0.29) is 0 Å². The molecule has 0 amide bonds. The maximum atomic E-state index is 4.55. The zero-order valence-electron chi connectivity index (χ0n) is 12.5. The quantitative estimate of drug-likeness (QED) is 0.843. The monoisotopic (exact) mass is 289 g/mol. The number of hydrogen-bond acceptors (Lipinski definition) is 4. The summed E-state index contributed by atoms with van der Waals surface area (Å²) in [5, 5.41) is 5.49. The molecule has 3 nitrogen and oxygen atoms in total. The topological polar surface area (TPSA) is 28.2 Å². The Morgan fingerprint density at radius 3 is 2.85 bits per heavy atom. The van der Waals surface area contributed by atoms with Crippen LogP contribution in [0.4, 0.5) is 5.82 Å². The third-order valence-corrected chi connectivity index (χ3v) is 4.07. The summed E-state index contributed by atoms with van der Waals surface area (Å²) in [6.45, 7) is 9.36. The van der Waals surface area contributed by atoms with Gasteiger partial charge in [0.25, 0.3) is 0 Å². The first-order valence-electron chi connectivity index (χ1n) is 7.15. The van der Waals surface area contributed by atoms with E-state index in [1.807, 2.05) is 6.20 Å². The fourth-order valence-electron chi connectivity index (χ4n) is 2.10. The van der Waals surface area contributed by atoms with E-state index >= 15 is 0 Å². The third-order valence-electron chi connectivity index (χ3n) is 3.21. The molecule has 0 aliphatic rings. The van der Waals surface area contributed by atoms with Crippen LogP contribution in [0.3, 0.4) is 0 Å². The van der Waals surface area contributed by atoms with Gasteiger partial charge in [0.2, 0.25) is 0 Å². The predicted molar refractivity (Wildman–Crippen MR) is 87.3 cm³/mol. The van der Waals surface area contributed by atoms with E-state index in [1.54, 1.807) is 11.3 Å². The highest BCUT2D eigenvalue weighted by Gasteiger charge is 2.13. The molecule has 0 aromatic carbocycles. The fourth-order valence-corrected chi connectivity index (χ4v) is 2.80. The predicted octanol–water partition coefficient (Wildman–Crippen LogP) is 3.67. The van der Waals surface area contributed by atoms with Crippen LogP contribution in [0.15, 0.2) is 35.8 Å². The van der Waals surface area contributed by atoms with Crippen LogP contribution in [-0.4, -0.2) is 17.6 Å². The summed E-state index contributed by atoms with van der Waals surface area (Å²) in [4.78, 5) is 8.27. The largest absolute Gasteiger partial charge is 0.349 e. The second-order valence-electron chi connectivity index (χ2n) is 5.10. The first kappa shape index (κ1) is 15.0. The molecule has 20 heavy (non-hydrogen) atoms. The molecule has 4 heteroatoms. The number of nitrogens with zero attached hydrogens (tertiary/aromatic N) is 2. The lowest BCUT2D eigenvalue weighted by Crippen LogP contribution is -2.30. The molecule has 2 aromatic rings. The molecule has 0 saturated heterocycles. The minimum atomic E-state index is 0.430. The van der Waals surface area contributed by atoms with Crippen LogP contribution in [0.2, 0.25) is 0 Å². The molecule has 0 unspecified atom stereocenters. The SMILES string of the molecule is CCNCc1ccnc(N(Cc2cccs2)C(C)C)c1. The zero-order valence-corrected chi connectivity index (χ0v) is 13.3. The molecule has 0 spiro atoms. The number of aromatic nitrogens is 1. The van der Waals surface area contributed by atoms with Crippen LogP contribution in [0.5, 0.6) is 0 Å². The van der Waals surface area contributed by atoms with Crippen LogP contribution in [-0.2, 0) is 13.1 Å². The summed E-state index contributed by atoms with van der Waals surface area (Å²) in [7, 11) is 0. The van der Waals surface area contributed by atoms with Gasteiger partial charge in [0.05, 0.1) is 6.54 Å². The maximum absolute atomic E-state index is 4.55. The summed E-state index contributed by atoms with van der Waals surface area (Å²) in [5.41, 5.74) is 1.29. The highest BCUT2D eigenvalue weighted by Crippen LogP contribution is 2.21. The lowest BCUT2D eigenvalue weighted by Gasteiger charge is -2.27. The average molecular weight is 289 g/mol. The normalized spacial score (nSPS) is 11.0. The third kappa shape index (κ3) is 4.05. The molecule has 2 heterocycles. The maximum Gasteiger partial charge on any atom is 0.129 e. The van der Waals surface area contributed by atoms with Crippen molar-refractivity contribution in [1.29, 1.82) is 0 Å². The number of pyridine rings is 1. The van der Waals surface area contributed by atoms with Crippen molar-refractivity contribution < 1.29 is 0 Å². The zero-order chi connectivity index (χ0) is 14.4. The highest BCUT2D eigenvalue weighted by atomic mass is 32.1. The molecular formula is C16H23N3S. The van der Waals surface area contributed by atoms with Crippen LogP contribution in [0.1, 0.15) is 31.2 Å². The van der Waals surface area contributed by atoms with Gasteiger partial charge in [0.1, 0.15) is 5.82 Å². The molecule has 0 bridgehead atoms. The van der Waals surface area contributed by atoms with E-state index in [0.29, 0.717) is 6.04 Å². The van der Waals surface area contributed by atoms with E-state index in [2.05, 4.69) is 65.6 Å². The first-order chi connectivity index (χ1) is 9.70. The number of thiophene rings is 1. The molecule has 0 saturated carbocycles. The second-order valence-corrected chi connectivity index (χ2v) is 6.14. The summed E-state index contributed by atoms with van der Waals surface area (Å²) in [6, 6.07) is 8.99. The molecule has 0 atom stereocenters. The van der Waals surface area contributed by atoms with Crippen molar-refractivity contribution in [2.75, 3.05) is 11.4 Å². The molecule has 2 rings (SSSR count). The Balaban J connectivity index is 2.16. The van der Waals surface area contributed by atoms with E-state index in [4.69, 9.17) is 0 Å². The van der Waals surface area contributed by atoms with Crippen molar-refractivity contribution in [1.82, 2.24) is 10.3 Å². The molecule has 1 N–H and O–H groups in total. The molecular weight excluding hydrogens is 266 g/mol. The lowest BCUT2D eigenvalue weighted by atomic mass is 10.2. The fraction of sp³-hybridized carbons (Fsp3) is 0.438. The minimum Gasteiger partial charge on any atom is -0.349 e. The summed E-state index contributed by atoms with van der Waals surface area (Å²) >= 11 is 1.80. The van der Waals surface area contributed by atoms with E-state index in [0.717, 1.165) is 25.5 Å². The molecule has 0 aliphatic heterocycles. The Hall–Kier alpha value is -1.39. The molecule has 2 aromatic heterocycles. The Kier molecular flexibility index (Phi) is 5.56. The summed E-state index contributed by atoms with van der Waals surface area (Å²) in [6.07, 6.45) is 1.91. The minimum absolute atomic E-state index is 0.430. The summed E-state index contributed by atoms with van der Waals surface area (Å²) < 4.78 is 0. The van der Waals surface area contributed by atoms with E-state index < -0.39 is 0 Å². The van der Waals surface area contributed by atoms with Crippen LogP contribution >= 0.6 is 11.3 Å². The van der Waals surface area contributed by atoms with Crippen molar-refractivity contribution in [2.45, 2.75) is 39.9 Å². The van der Waals surface area contributed by atoms with Crippen molar-refractivity contribution in [3.05, 3.63) is 46.3 Å². The Morgan fingerprint density at radius 2 is 2.20 bits per heavy atom. The molecule has 0 radical (unpaired) electrons. The molecule has 0 fully saturated rings. The van der Waals surface area contributed by atoms with E-state index in [1.165, 1.54) is 10.4 Å². The van der Waals surface area contributed by atoms with Gasteiger partial charge in [-0.1, -0.05) is 13.0 Å². The van der Waals surface area contributed by atoms with Crippen molar-refractivity contribution >= 4 is 17.2 Å². The highest BCUT2D eigenvalue weighted by molar-refractivity contribution is 7.09. The first-order valence-corrected chi connectivity index (χ1v) is 8.03. The number of hydrogen-bond donors (Lipinski definition) is 1. The van der Waals surface area contributed by atoms with Gasteiger partial charge < -0.3 is 10.2 Å². The van der Waals surface area contributed by atoms with Gasteiger partial charge in [0, 0.05) is 23.7 Å². The van der Waals surface area contributed by atoms with Gasteiger partial charge >= 0.3 is 0 Å². The van der Waals surface area contributed by atoms with Crippen molar-refractivity contribution in [2.24, 2.45) is 0 Å². The smallest absolute Gasteiger partial charge is 0.129 e. The van der Waals surface area contributed by atoms with Crippen molar-refractivity contribution in [3.8, 4) is 0 Å². The van der Waals surface area contributed by atoms with Crippen LogP contribution < -0.4 is 10.2 Å².